The molecule has 0 bridgehead atoms. The minimum Gasteiger partial charge on any atom is -0.382 e. The number of carbonyl (C=O) groups is 1. The zero-order valence-electron chi connectivity index (χ0n) is 10.9. The molecule has 0 radical (unpaired) electrons. The zero-order chi connectivity index (χ0) is 14.0. The molecule has 1 N–H and O–H groups in total. The van der Waals surface area contributed by atoms with Crippen LogP contribution in [0.25, 0.3) is 10.6 Å². The highest BCUT2D eigenvalue weighted by Crippen LogP contribution is 2.33. The molecule has 6 heteroatoms. The number of pyridine rings is 1. The minimum atomic E-state index is 0.267. The van der Waals surface area contributed by atoms with Crippen molar-refractivity contribution in [1.29, 1.82) is 0 Å². The maximum Gasteiger partial charge on any atom is 0.169 e. The van der Waals surface area contributed by atoms with Gasteiger partial charge in [0.15, 0.2) is 6.29 Å². The first-order valence-electron chi connectivity index (χ1n) is 5.86. The smallest absolute Gasteiger partial charge is 0.169 e. The Hall–Kier alpha value is -1.46. The molecule has 2 rings (SSSR count). The van der Waals surface area contributed by atoms with Gasteiger partial charge in [0.1, 0.15) is 15.9 Å². The molecule has 0 amide bonds. The number of nitrogens with one attached hydrogen (secondary N) is 1. The predicted octanol–water partition coefficient (Wildman–Crippen LogP) is 3.80. The quantitative estimate of drug-likeness (QED) is 0.688. The van der Waals surface area contributed by atoms with Gasteiger partial charge in [0.05, 0.1) is 5.56 Å². The van der Waals surface area contributed by atoms with Crippen molar-refractivity contribution in [2.75, 3.05) is 5.32 Å². The van der Waals surface area contributed by atoms with Crippen molar-refractivity contribution in [3.8, 4) is 10.6 Å². The molecule has 0 spiro atoms. The SMILES string of the molecule is Cc1sc(-c2cnc(Cl)cc2NC(C)C)nc1C=O. The third kappa shape index (κ3) is 3.11. The molecule has 2 heterocycles. The molecule has 0 unspecified atom stereocenters. The summed E-state index contributed by atoms with van der Waals surface area (Å²) in [6.07, 6.45) is 2.45. The van der Waals surface area contributed by atoms with Crippen molar-refractivity contribution >= 4 is 34.9 Å². The first kappa shape index (κ1) is 14.0. The van der Waals surface area contributed by atoms with Gasteiger partial charge < -0.3 is 5.32 Å². The van der Waals surface area contributed by atoms with Crippen LogP contribution < -0.4 is 5.32 Å². The van der Waals surface area contributed by atoms with Gasteiger partial charge in [-0.05, 0) is 26.8 Å². The maximum atomic E-state index is 10.9. The summed E-state index contributed by atoms with van der Waals surface area (Å²) in [5, 5.41) is 4.51. The summed E-state index contributed by atoms with van der Waals surface area (Å²) in [5.74, 6) is 0. The van der Waals surface area contributed by atoms with E-state index in [1.54, 1.807) is 12.3 Å². The molecule has 2 aromatic rings. The molecule has 100 valence electrons. The zero-order valence-corrected chi connectivity index (χ0v) is 12.5. The fourth-order valence-electron chi connectivity index (χ4n) is 1.66. The van der Waals surface area contributed by atoms with Crippen LogP contribution in [0.15, 0.2) is 12.3 Å². The molecule has 0 aromatic carbocycles. The lowest BCUT2D eigenvalue weighted by molar-refractivity contribution is 0.111. The van der Waals surface area contributed by atoms with Crippen molar-refractivity contribution in [3.05, 3.63) is 28.0 Å². The summed E-state index contributed by atoms with van der Waals surface area (Å²) < 4.78 is 0. The third-order valence-corrected chi connectivity index (χ3v) is 3.72. The standard InChI is InChI=1S/C13H14ClN3OS/c1-7(2)16-10-4-12(14)15-5-9(10)13-17-11(6-18)8(3)19-13/h4-7H,1-3H3,(H,15,16). The van der Waals surface area contributed by atoms with E-state index in [0.29, 0.717) is 10.8 Å². The van der Waals surface area contributed by atoms with Gasteiger partial charge >= 0.3 is 0 Å². The van der Waals surface area contributed by atoms with E-state index >= 15 is 0 Å². The first-order chi connectivity index (χ1) is 9.01. The Morgan fingerprint density at radius 2 is 2.21 bits per heavy atom. The number of anilines is 1. The van der Waals surface area contributed by atoms with Gasteiger partial charge in [-0.25, -0.2) is 9.97 Å². The lowest BCUT2D eigenvalue weighted by Crippen LogP contribution is -2.10. The van der Waals surface area contributed by atoms with Crippen LogP contribution in [0.2, 0.25) is 5.15 Å². The van der Waals surface area contributed by atoms with Crippen molar-refractivity contribution < 1.29 is 4.79 Å². The van der Waals surface area contributed by atoms with Gasteiger partial charge in [0.25, 0.3) is 0 Å². The maximum absolute atomic E-state index is 10.9. The average molecular weight is 296 g/mol. The highest BCUT2D eigenvalue weighted by Gasteiger charge is 2.14. The topological polar surface area (TPSA) is 54.9 Å². The Bertz CT molecular complexity index is 610. The van der Waals surface area contributed by atoms with E-state index in [-0.39, 0.29) is 6.04 Å². The number of aryl methyl sites for hydroxylation is 1. The fourth-order valence-corrected chi connectivity index (χ4v) is 2.73. The Kier molecular flexibility index (Phi) is 4.17. The molecule has 0 aliphatic rings. The molecule has 19 heavy (non-hydrogen) atoms. The van der Waals surface area contributed by atoms with E-state index in [0.717, 1.165) is 27.4 Å². The monoisotopic (exact) mass is 295 g/mol. The molecule has 0 aliphatic heterocycles. The summed E-state index contributed by atoms with van der Waals surface area (Å²) in [6, 6.07) is 2.04. The van der Waals surface area contributed by atoms with Gasteiger partial charge in [0.2, 0.25) is 0 Å². The van der Waals surface area contributed by atoms with Gasteiger partial charge in [-0.15, -0.1) is 11.3 Å². The van der Waals surface area contributed by atoms with Crippen LogP contribution in [0.5, 0.6) is 0 Å². The summed E-state index contributed by atoms with van der Waals surface area (Å²) in [5.41, 5.74) is 2.21. The van der Waals surface area contributed by atoms with Crippen molar-refractivity contribution in [3.63, 3.8) is 0 Å². The second-order valence-electron chi connectivity index (χ2n) is 4.43. The number of carbonyl (C=O) groups excluding carboxylic acids is 1. The van der Waals surface area contributed by atoms with E-state index < -0.39 is 0 Å². The van der Waals surface area contributed by atoms with Crippen LogP contribution in [0.4, 0.5) is 5.69 Å². The third-order valence-electron chi connectivity index (χ3n) is 2.49. The molecular formula is C13H14ClN3OS. The Morgan fingerprint density at radius 3 is 2.79 bits per heavy atom. The minimum absolute atomic E-state index is 0.267. The van der Waals surface area contributed by atoms with Crippen LogP contribution in [0.1, 0.15) is 29.2 Å². The summed E-state index contributed by atoms with van der Waals surface area (Å²) in [4.78, 5) is 20.2. The van der Waals surface area contributed by atoms with Crippen LogP contribution in [-0.4, -0.2) is 22.3 Å². The molecule has 2 aromatic heterocycles. The van der Waals surface area contributed by atoms with Gasteiger partial charge in [-0.2, -0.15) is 0 Å². The van der Waals surface area contributed by atoms with E-state index in [1.165, 1.54) is 11.3 Å². The molecule has 0 atom stereocenters. The number of aldehydes is 1. The second-order valence-corrected chi connectivity index (χ2v) is 6.02. The van der Waals surface area contributed by atoms with Crippen molar-refractivity contribution in [2.24, 2.45) is 0 Å². The molecular weight excluding hydrogens is 282 g/mol. The molecule has 0 aliphatic carbocycles. The number of hydrogen-bond donors (Lipinski definition) is 1. The van der Waals surface area contributed by atoms with Crippen molar-refractivity contribution in [2.45, 2.75) is 26.8 Å². The summed E-state index contributed by atoms with van der Waals surface area (Å²) in [6.45, 7) is 5.97. The van der Waals surface area contributed by atoms with E-state index in [9.17, 15) is 4.79 Å². The molecule has 4 nitrogen and oxygen atoms in total. The highest BCUT2D eigenvalue weighted by molar-refractivity contribution is 7.15. The fraction of sp³-hybridized carbons (Fsp3) is 0.308. The van der Waals surface area contributed by atoms with Crippen molar-refractivity contribution in [1.82, 2.24) is 9.97 Å². The number of nitrogens with zero attached hydrogens (tertiary/aromatic N) is 2. The Balaban J connectivity index is 2.50. The largest absolute Gasteiger partial charge is 0.382 e. The summed E-state index contributed by atoms with van der Waals surface area (Å²) >= 11 is 7.40. The van der Waals surface area contributed by atoms with E-state index in [1.807, 2.05) is 20.8 Å². The molecule has 0 fully saturated rings. The molecule has 0 saturated carbocycles. The van der Waals surface area contributed by atoms with Crippen LogP contribution in [-0.2, 0) is 0 Å². The number of halogens is 1. The Morgan fingerprint density at radius 1 is 1.47 bits per heavy atom. The van der Waals surface area contributed by atoms with Gasteiger partial charge in [0, 0.05) is 22.8 Å². The van der Waals surface area contributed by atoms with E-state index in [2.05, 4.69) is 15.3 Å². The Labute approximate surface area is 120 Å². The van der Waals surface area contributed by atoms with Crippen LogP contribution >= 0.6 is 22.9 Å². The van der Waals surface area contributed by atoms with Crippen LogP contribution in [0, 0.1) is 6.92 Å². The normalized spacial score (nSPS) is 10.8. The lowest BCUT2D eigenvalue weighted by atomic mass is 10.2. The van der Waals surface area contributed by atoms with Crippen LogP contribution in [0.3, 0.4) is 0 Å². The number of rotatable bonds is 4. The van der Waals surface area contributed by atoms with Gasteiger partial charge in [-0.3, -0.25) is 4.79 Å². The average Bonchev–Trinajstić information content (AvgIpc) is 2.69. The first-order valence-corrected chi connectivity index (χ1v) is 7.05. The summed E-state index contributed by atoms with van der Waals surface area (Å²) in [7, 11) is 0. The highest BCUT2D eigenvalue weighted by atomic mass is 35.5. The predicted molar refractivity (Wildman–Crippen MR) is 79.2 cm³/mol. The number of thiazole rings is 1. The number of hydrogen-bond acceptors (Lipinski definition) is 5. The van der Waals surface area contributed by atoms with Gasteiger partial charge in [-0.1, -0.05) is 11.6 Å². The lowest BCUT2D eigenvalue weighted by Gasteiger charge is -2.13. The molecule has 0 saturated heterocycles. The van der Waals surface area contributed by atoms with E-state index in [4.69, 9.17) is 11.6 Å². The second kappa shape index (κ2) is 5.67. The number of aromatic nitrogens is 2.